The highest BCUT2D eigenvalue weighted by Gasteiger charge is 2.07. The van der Waals surface area contributed by atoms with Gasteiger partial charge < -0.3 is 9.47 Å². The highest BCUT2D eigenvalue weighted by molar-refractivity contribution is 7.89. The van der Waals surface area contributed by atoms with E-state index in [0.29, 0.717) is 25.4 Å². The molecule has 0 aliphatic rings. The standard InChI is InChI=1S/C13H21NO4S/c1-3-10-19(15,16)14-8-9-18-13-7-5-6-12(11-13)17-4-2/h5-7,11,14H,3-4,8-10H2,1-2H3. The summed E-state index contributed by atoms with van der Waals surface area (Å²) in [5.74, 6) is 1.56. The zero-order valence-corrected chi connectivity index (χ0v) is 12.2. The summed E-state index contributed by atoms with van der Waals surface area (Å²) in [7, 11) is -3.16. The fraction of sp³-hybridized carbons (Fsp3) is 0.538. The molecule has 0 bridgehead atoms. The number of hydrogen-bond donors (Lipinski definition) is 1. The molecular formula is C13H21NO4S. The van der Waals surface area contributed by atoms with Crippen LogP contribution in [0.15, 0.2) is 24.3 Å². The molecule has 0 saturated carbocycles. The Kier molecular flexibility index (Phi) is 6.66. The average Bonchev–Trinajstić information content (AvgIpc) is 2.36. The summed E-state index contributed by atoms with van der Waals surface area (Å²) in [5, 5.41) is 0. The van der Waals surface area contributed by atoms with E-state index in [1.165, 1.54) is 0 Å². The summed E-state index contributed by atoms with van der Waals surface area (Å²) in [6.07, 6.45) is 0.604. The van der Waals surface area contributed by atoms with Crippen LogP contribution in [0.2, 0.25) is 0 Å². The van der Waals surface area contributed by atoms with Gasteiger partial charge >= 0.3 is 0 Å². The van der Waals surface area contributed by atoms with Crippen molar-refractivity contribution in [2.75, 3.05) is 25.5 Å². The van der Waals surface area contributed by atoms with Crippen LogP contribution in [-0.2, 0) is 10.0 Å². The van der Waals surface area contributed by atoms with Crippen molar-refractivity contribution in [1.29, 1.82) is 0 Å². The van der Waals surface area contributed by atoms with Gasteiger partial charge in [-0.05, 0) is 25.5 Å². The summed E-state index contributed by atoms with van der Waals surface area (Å²) in [6.45, 7) is 4.89. The van der Waals surface area contributed by atoms with Crippen LogP contribution in [-0.4, -0.2) is 33.9 Å². The number of ether oxygens (including phenoxy) is 2. The Hall–Kier alpha value is -1.27. The van der Waals surface area contributed by atoms with Gasteiger partial charge in [-0.15, -0.1) is 0 Å². The molecule has 0 heterocycles. The maximum Gasteiger partial charge on any atom is 0.211 e. The van der Waals surface area contributed by atoms with Gasteiger partial charge in [0.05, 0.1) is 12.4 Å². The third-order valence-corrected chi connectivity index (χ3v) is 3.87. The second-order valence-electron chi connectivity index (χ2n) is 3.97. The zero-order valence-electron chi connectivity index (χ0n) is 11.4. The third kappa shape index (κ3) is 6.45. The predicted octanol–water partition coefficient (Wildman–Crippen LogP) is 1.79. The zero-order chi connectivity index (χ0) is 14.1. The van der Waals surface area contributed by atoms with Crippen LogP contribution in [0.5, 0.6) is 11.5 Å². The first-order valence-electron chi connectivity index (χ1n) is 6.40. The van der Waals surface area contributed by atoms with Gasteiger partial charge in [0.1, 0.15) is 18.1 Å². The van der Waals surface area contributed by atoms with Crippen molar-refractivity contribution in [1.82, 2.24) is 4.72 Å². The molecule has 1 aromatic carbocycles. The first-order valence-corrected chi connectivity index (χ1v) is 8.05. The van der Waals surface area contributed by atoms with Crippen molar-refractivity contribution in [2.24, 2.45) is 0 Å². The topological polar surface area (TPSA) is 64.6 Å². The lowest BCUT2D eigenvalue weighted by molar-refractivity contribution is 0.313. The number of benzene rings is 1. The first kappa shape index (κ1) is 15.8. The van der Waals surface area contributed by atoms with Gasteiger partial charge in [0.2, 0.25) is 10.0 Å². The van der Waals surface area contributed by atoms with Gasteiger partial charge in [0.15, 0.2) is 0 Å². The molecule has 0 radical (unpaired) electrons. The van der Waals surface area contributed by atoms with Crippen LogP contribution in [0.3, 0.4) is 0 Å². The molecule has 0 amide bonds. The van der Waals surface area contributed by atoms with Crippen molar-refractivity contribution < 1.29 is 17.9 Å². The summed E-state index contributed by atoms with van der Waals surface area (Å²) < 4.78 is 36.1. The largest absolute Gasteiger partial charge is 0.494 e. The van der Waals surface area contributed by atoms with Crippen molar-refractivity contribution in [3.63, 3.8) is 0 Å². The van der Waals surface area contributed by atoms with E-state index in [-0.39, 0.29) is 12.3 Å². The summed E-state index contributed by atoms with van der Waals surface area (Å²) in [6, 6.07) is 7.27. The molecule has 1 N–H and O–H groups in total. The minimum Gasteiger partial charge on any atom is -0.494 e. The Balaban J connectivity index is 2.35. The van der Waals surface area contributed by atoms with Crippen LogP contribution in [0.25, 0.3) is 0 Å². The van der Waals surface area contributed by atoms with Crippen LogP contribution >= 0.6 is 0 Å². The summed E-state index contributed by atoms with van der Waals surface area (Å²) in [5.41, 5.74) is 0. The molecule has 0 atom stereocenters. The Labute approximate surface area is 115 Å². The Morgan fingerprint density at radius 3 is 2.47 bits per heavy atom. The van der Waals surface area contributed by atoms with Gasteiger partial charge in [-0.1, -0.05) is 13.0 Å². The van der Waals surface area contributed by atoms with E-state index < -0.39 is 10.0 Å². The van der Waals surface area contributed by atoms with Crippen LogP contribution < -0.4 is 14.2 Å². The van der Waals surface area contributed by atoms with Gasteiger partial charge in [0, 0.05) is 12.6 Å². The molecular weight excluding hydrogens is 266 g/mol. The van der Waals surface area contributed by atoms with Gasteiger partial charge in [-0.2, -0.15) is 0 Å². The van der Waals surface area contributed by atoms with E-state index in [1.807, 2.05) is 32.0 Å². The molecule has 0 aliphatic carbocycles. The molecule has 0 fully saturated rings. The second-order valence-corrected chi connectivity index (χ2v) is 5.90. The minimum atomic E-state index is -3.16. The monoisotopic (exact) mass is 287 g/mol. The first-order chi connectivity index (χ1) is 9.07. The maximum atomic E-state index is 11.4. The molecule has 0 saturated heterocycles. The van der Waals surface area contributed by atoms with Crippen LogP contribution in [0.1, 0.15) is 20.3 Å². The lowest BCUT2D eigenvalue weighted by Gasteiger charge is -2.09. The Bertz CT molecular complexity index is 473. The van der Waals surface area contributed by atoms with Gasteiger partial charge in [-0.3, -0.25) is 0 Å². The lowest BCUT2D eigenvalue weighted by Crippen LogP contribution is -2.30. The van der Waals surface area contributed by atoms with Crippen LogP contribution in [0, 0.1) is 0 Å². The quantitative estimate of drug-likeness (QED) is 0.703. The predicted molar refractivity (Wildman–Crippen MR) is 75.2 cm³/mol. The SMILES string of the molecule is CCCS(=O)(=O)NCCOc1cccc(OCC)c1. The molecule has 1 rings (SSSR count). The fourth-order valence-corrected chi connectivity index (χ4v) is 2.60. The van der Waals surface area contributed by atoms with Crippen molar-refractivity contribution in [2.45, 2.75) is 20.3 Å². The van der Waals surface area contributed by atoms with Crippen molar-refractivity contribution in [3.8, 4) is 11.5 Å². The number of hydrogen-bond acceptors (Lipinski definition) is 4. The molecule has 6 heteroatoms. The molecule has 0 unspecified atom stereocenters. The van der Waals surface area contributed by atoms with Gasteiger partial charge in [-0.25, -0.2) is 13.1 Å². The molecule has 0 spiro atoms. The van der Waals surface area contributed by atoms with E-state index >= 15 is 0 Å². The van der Waals surface area contributed by atoms with E-state index in [2.05, 4.69) is 4.72 Å². The summed E-state index contributed by atoms with van der Waals surface area (Å²) >= 11 is 0. The molecule has 0 aromatic heterocycles. The maximum absolute atomic E-state index is 11.4. The van der Waals surface area contributed by atoms with Gasteiger partial charge in [0.25, 0.3) is 0 Å². The van der Waals surface area contributed by atoms with E-state index in [0.717, 1.165) is 5.75 Å². The highest BCUT2D eigenvalue weighted by atomic mass is 32.2. The molecule has 19 heavy (non-hydrogen) atoms. The van der Waals surface area contributed by atoms with E-state index in [4.69, 9.17) is 9.47 Å². The van der Waals surface area contributed by atoms with Crippen LogP contribution in [0.4, 0.5) is 0 Å². The Morgan fingerprint density at radius 1 is 1.16 bits per heavy atom. The number of rotatable bonds is 9. The van der Waals surface area contributed by atoms with Crippen molar-refractivity contribution in [3.05, 3.63) is 24.3 Å². The average molecular weight is 287 g/mol. The smallest absolute Gasteiger partial charge is 0.211 e. The molecule has 5 nitrogen and oxygen atoms in total. The number of sulfonamides is 1. The lowest BCUT2D eigenvalue weighted by atomic mass is 10.3. The highest BCUT2D eigenvalue weighted by Crippen LogP contribution is 2.19. The minimum absolute atomic E-state index is 0.146. The normalized spacial score (nSPS) is 11.3. The third-order valence-electron chi connectivity index (χ3n) is 2.28. The molecule has 108 valence electrons. The van der Waals surface area contributed by atoms with E-state index in [9.17, 15) is 8.42 Å². The van der Waals surface area contributed by atoms with Crippen molar-refractivity contribution >= 4 is 10.0 Å². The number of nitrogens with one attached hydrogen (secondary N) is 1. The second kappa shape index (κ2) is 8.01. The molecule has 1 aromatic rings. The van der Waals surface area contributed by atoms with E-state index in [1.54, 1.807) is 6.07 Å². The molecule has 0 aliphatic heterocycles. The summed E-state index contributed by atoms with van der Waals surface area (Å²) in [4.78, 5) is 0. The Morgan fingerprint density at radius 2 is 1.84 bits per heavy atom. The fourth-order valence-electron chi connectivity index (χ4n) is 1.53.